The van der Waals surface area contributed by atoms with Crippen LogP contribution in [-0.4, -0.2) is 45.7 Å². The lowest BCUT2D eigenvalue weighted by Gasteiger charge is -2.26. The molecule has 0 atom stereocenters. The molecule has 0 unspecified atom stereocenters. The van der Waals surface area contributed by atoms with Crippen LogP contribution in [0.1, 0.15) is 62.4 Å². The third kappa shape index (κ3) is 7.28. The van der Waals surface area contributed by atoms with Gasteiger partial charge in [-0.1, -0.05) is 48.6 Å². The van der Waals surface area contributed by atoms with Gasteiger partial charge in [0.05, 0.1) is 12.2 Å². The average Bonchev–Trinajstić information content (AvgIpc) is 3.24. The molecule has 0 saturated carbocycles. The van der Waals surface area contributed by atoms with E-state index < -0.39 is 0 Å². The van der Waals surface area contributed by atoms with E-state index in [1.807, 2.05) is 48.0 Å². The molecule has 1 saturated heterocycles. The molecule has 3 heterocycles. The van der Waals surface area contributed by atoms with E-state index in [1.54, 1.807) is 0 Å². The Hall–Kier alpha value is -2.92. The number of fused-ring (bicyclic) bond motifs is 1. The summed E-state index contributed by atoms with van der Waals surface area (Å²) in [7, 11) is 0. The quantitative estimate of drug-likeness (QED) is 0.319. The maximum absolute atomic E-state index is 6.36. The minimum atomic E-state index is 0.329. The van der Waals surface area contributed by atoms with Crippen molar-refractivity contribution < 1.29 is 9.47 Å². The summed E-state index contributed by atoms with van der Waals surface area (Å²) in [6.07, 6.45) is 9.22. The largest absolute Gasteiger partial charge is 0.382 e. The molecule has 1 aromatic carbocycles. The summed E-state index contributed by atoms with van der Waals surface area (Å²) >= 11 is 0. The Balaban J connectivity index is 1.44. The zero-order chi connectivity index (χ0) is 24.3. The second kappa shape index (κ2) is 13.2. The van der Waals surface area contributed by atoms with Crippen LogP contribution in [0.15, 0.2) is 36.5 Å². The lowest BCUT2D eigenvalue weighted by atomic mass is 10.1. The van der Waals surface area contributed by atoms with Crippen molar-refractivity contribution >= 4 is 16.9 Å². The van der Waals surface area contributed by atoms with Crippen molar-refractivity contribution in [3.8, 4) is 11.8 Å². The second-order valence-electron chi connectivity index (χ2n) is 9.00. The Morgan fingerprint density at radius 1 is 1.00 bits per heavy atom. The molecule has 0 amide bonds. The molecule has 35 heavy (non-hydrogen) atoms. The van der Waals surface area contributed by atoms with Crippen LogP contribution in [-0.2, 0) is 29.4 Å². The van der Waals surface area contributed by atoms with E-state index >= 15 is 0 Å². The van der Waals surface area contributed by atoms with Crippen LogP contribution < -0.4 is 5.73 Å². The van der Waals surface area contributed by atoms with E-state index in [4.69, 9.17) is 20.2 Å². The van der Waals surface area contributed by atoms with Gasteiger partial charge in [-0.2, -0.15) is 0 Å². The molecule has 1 fully saturated rings. The monoisotopic (exact) mass is 475 g/mol. The van der Waals surface area contributed by atoms with Crippen molar-refractivity contribution in [1.29, 1.82) is 0 Å². The smallest absolute Gasteiger partial charge is 0.157 e. The first kappa shape index (κ1) is 25.2. The Labute approximate surface area is 208 Å². The zero-order valence-electron chi connectivity index (χ0n) is 20.8. The Bertz CT molecular complexity index is 1130. The Morgan fingerprint density at radius 3 is 2.63 bits per heavy atom. The fraction of sp³-hybridized carbons (Fsp3) is 0.500. The number of unbranched alkanes of at least 4 members (excludes halogenated alkanes) is 2. The third-order valence-corrected chi connectivity index (χ3v) is 6.26. The van der Waals surface area contributed by atoms with Crippen LogP contribution in [0.4, 0.5) is 5.82 Å². The van der Waals surface area contributed by atoms with E-state index in [-0.39, 0.29) is 0 Å². The SMILES string of the molecule is CCOCc1nc(N)c2c(n1)c(C#CCCCCN1CCCCC1)cn2COCc1ccccc1. The molecule has 1 aliphatic rings. The summed E-state index contributed by atoms with van der Waals surface area (Å²) in [5.41, 5.74) is 9.85. The van der Waals surface area contributed by atoms with E-state index in [0.29, 0.717) is 38.2 Å². The maximum Gasteiger partial charge on any atom is 0.157 e. The van der Waals surface area contributed by atoms with E-state index in [1.165, 1.54) is 45.3 Å². The van der Waals surface area contributed by atoms with Gasteiger partial charge in [-0.05, 0) is 57.8 Å². The highest BCUT2D eigenvalue weighted by atomic mass is 16.5. The number of anilines is 1. The second-order valence-corrected chi connectivity index (χ2v) is 9.00. The lowest BCUT2D eigenvalue weighted by Crippen LogP contribution is -2.30. The molecule has 3 aromatic rings. The fourth-order valence-electron chi connectivity index (χ4n) is 4.45. The van der Waals surface area contributed by atoms with Crippen LogP contribution in [0.5, 0.6) is 0 Å². The summed E-state index contributed by atoms with van der Waals surface area (Å²) in [6, 6.07) is 10.1. The Morgan fingerprint density at radius 2 is 1.83 bits per heavy atom. The Kier molecular flexibility index (Phi) is 9.53. The summed E-state index contributed by atoms with van der Waals surface area (Å²) < 4.78 is 13.4. The van der Waals surface area contributed by atoms with Gasteiger partial charge in [-0.15, -0.1) is 0 Å². The zero-order valence-corrected chi connectivity index (χ0v) is 20.8. The topological polar surface area (TPSA) is 78.4 Å². The molecular formula is C28H37N5O2. The van der Waals surface area contributed by atoms with Gasteiger partial charge in [0.15, 0.2) is 11.6 Å². The van der Waals surface area contributed by atoms with Crippen molar-refractivity contribution in [1.82, 2.24) is 19.4 Å². The molecule has 2 N–H and O–H groups in total. The number of nitrogens with zero attached hydrogens (tertiary/aromatic N) is 4. The highest BCUT2D eigenvalue weighted by Crippen LogP contribution is 2.24. The molecule has 1 aliphatic heterocycles. The average molecular weight is 476 g/mol. The molecule has 0 spiro atoms. The first-order chi connectivity index (χ1) is 17.2. The molecule has 2 aromatic heterocycles. The van der Waals surface area contributed by atoms with E-state index in [2.05, 4.69) is 21.7 Å². The maximum atomic E-state index is 6.36. The first-order valence-corrected chi connectivity index (χ1v) is 12.8. The summed E-state index contributed by atoms with van der Waals surface area (Å²) in [5, 5.41) is 0. The minimum absolute atomic E-state index is 0.329. The number of rotatable bonds is 11. The minimum Gasteiger partial charge on any atom is -0.382 e. The van der Waals surface area contributed by atoms with Crippen LogP contribution in [0.2, 0.25) is 0 Å². The number of nitrogen functional groups attached to an aromatic ring is 1. The molecule has 0 aliphatic carbocycles. The van der Waals surface area contributed by atoms with Gasteiger partial charge >= 0.3 is 0 Å². The molecule has 7 heteroatoms. The van der Waals surface area contributed by atoms with Gasteiger partial charge in [0.1, 0.15) is 24.4 Å². The van der Waals surface area contributed by atoms with Gasteiger partial charge in [0.25, 0.3) is 0 Å². The van der Waals surface area contributed by atoms with Gasteiger partial charge in [-0.25, -0.2) is 9.97 Å². The number of nitrogens with two attached hydrogens (primary N) is 1. The van der Waals surface area contributed by atoms with Gasteiger partial charge in [0, 0.05) is 19.2 Å². The van der Waals surface area contributed by atoms with Crippen molar-refractivity contribution in [2.75, 3.05) is 32.0 Å². The summed E-state index contributed by atoms with van der Waals surface area (Å²) in [6.45, 7) is 7.43. The van der Waals surface area contributed by atoms with Gasteiger partial charge in [-0.3, -0.25) is 0 Å². The number of benzene rings is 1. The van der Waals surface area contributed by atoms with Crippen molar-refractivity contribution in [3.63, 3.8) is 0 Å². The third-order valence-electron chi connectivity index (χ3n) is 6.26. The number of likely N-dealkylation sites (tertiary alicyclic amines) is 1. The first-order valence-electron chi connectivity index (χ1n) is 12.8. The summed E-state index contributed by atoms with van der Waals surface area (Å²) in [5.74, 6) is 7.68. The van der Waals surface area contributed by atoms with Gasteiger partial charge < -0.3 is 24.7 Å². The van der Waals surface area contributed by atoms with Crippen LogP contribution in [0.3, 0.4) is 0 Å². The molecule has 0 radical (unpaired) electrons. The van der Waals surface area contributed by atoms with Crippen molar-refractivity contribution in [3.05, 3.63) is 53.5 Å². The van der Waals surface area contributed by atoms with Crippen LogP contribution >= 0.6 is 0 Å². The number of piperidine rings is 1. The summed E-state index contributed by atoms with van der Waals surface area (Å²) in [4.78, 5) is 11.8. The highest BCUT2D eigenvalue weighted by Gasteiger charge is 2.15. The predicted molar refractivity (Wildman–Crippen MR) is 140 cm³/mol. The number of ether oxygens (including phenoxy) is 2. The number of aromatic nitrogens is 3. The lowest BCUT2D eigenvalue weighted by molar-refractivity contribution is 0.0668. The molecule has 4 rings (SSSR count). The van der Waals surface area contributed by atoms with Crippen LogP contribution in [0.25, 0.3) is 11.0 Å². The van der Waals surface area contributed by atoms with Crippen LogP contribution in [0, 0.1) is 11.8 Å². The number of hydrogen-bond acceptors (Lipinski definition) is 6. The predicted octanol–water partition coefficient (Wildman–Crippen LogP) is 4.73. The fourth-order valence-corrected chi connectivity index (χ4v) is 4.45. The van der Waals surface area contributed by atoms with E-state index in [0.717, 1.165) is 35.0 Å². The molecular weight excluding hydrogens is 438 g/mol. The number of hydrogen-bond donors (Lipinski definition) is 1. The van der Waals surface area contributed by atoms with E-state index in [9.17, 15) is 0 Å². The molecule has 186 valence electrons. The van der Waals surface area contributed by atoms with Crippen molar-refractivity contribution in [2.24, 2.45) is 0 Å². The highest BCUT2D eigenvalue weighted by molar-refractivity contribution is 5.90. The standard InChI is InChI=1S/C28H37N5O2/c1-2-34-21-25-30-26-24(15-9-3-4-10-16-32-17-11-6-12-18-32)19-33(27(26)28(29)31-25)22-35-20-23-13-7-5-8-14-23/h5,7-8,13-14,19H,2-4,6,10-12,16-18,20-22H2,1H3,(H2,29,30,31). The normalized spacial score (nSPS) is 14.2. The van der Waals surface area contributed by atoms with Gasteiger partial charge in [0.2, 0.25) is 0 Å². The molecule has 7 nitrogen and oxygen atoms in total. The van der Waals surface area contributed by atoms with Crippen molar-refractivity contribution in [2.45, 2.75) is 65.4 Å². The molecule has 0 bridgehead atoms.